The van der Waals surface area contributed by atoms with E-state index in [0.717, 1.165) is 17.5 Å². The third kappa shape index (κ3) is 2.88. The lowest BCUT2D eigenvalue weighted by Gasteiger charge is -2.16. The number of nitrogens with two attached hydrogens (primary N) is 1. The Labute approximate surface area is 100 Å². The highest BCUT2D eigenvalue weighted by molar-refractivity contribution is 5.30. The maximum atomic E-state index is 12.9. The molecule has 2 nitrogen and oxygen atoms in total. The summed E-state index contributed by atoms with van der Waals surface area (Å²) < 4.78 is 12.9. The minimum atomic E-state index is -0.216. The van der Waals surface area contributed by atoms with Gasteiger partial charge >= 0.3 is 0 Å². The molecule has 0 spiro atoms. The Kier molecular flexibility index (Phi) is 3.83. The molecular formula is C14H15FN2. The molecule has 0 aliphatic carbocycles. The van der Waals surface area contributed by atoms with Crippen molar-refractivity contribution in [2.24, 2.45) is 5.73 Å². The van der Waals surface area contributed by atoms with Gasteiger partial charge in [0.15, 0.2) is 0 Å². The average molecular weight is 230 g/mol. The highest BCUT2D eigenvalue weighted by Gasteiger charge is 2.13. The van der Waals surface area contributed by atoms with E-state index in [-0.39, 0.29) is 11.7 Å². The second-order valence-electron chi connectivity index (χ2n) is 3.97. The molecule has 2 rings (SSSR count). The van der Waals surface area contributed by atoms with E-state index in [9.17, 15) is 4.39 Å². The maximum absolute atomic E-state index is 12.9. The van der Waals surface area contributed by atoms with Crippen LogP contribution in [0.1, 0.15) is 23.5 Å². The van der Waals surface area contributed by atoms with Crippen molar-refractivity contribution in [1.82, 2.24) is 4.98 Å². The minimum Gasteiger partial charge on any atom is -0.330 e. The van der Waals surface area contributed by atoms with Gasteiger partial charge in [0.1, 0.15) is 5.82 Å². The van der Waals surface area contributed by atoms with E-state index in [2.05, 4.69) is 4.98 Å². The minimum absolute atomic E-state index is 0.189. The smallest absolute Gasteiger partial charge is 0.123 e. The molecule has 0 fully saturated rings. The first-order valence-electron chi connectivity index (χ1n) is 5.66. The van der Waals surface area contributed by atoms with Crippen LogP contribution in [-0.4, -0.2) is 11.5 Å². The van der Waals surface area contributed by atoms with E-state index in [1.54, 1.807) is 6.20 Å². The Bertz CT molecular complexity index is 453. The summed E-state index contributed by atoms with van der Waals surface area (Å²) in [7, 11) is 0. The quantitative estimate of drug-likeness (QED) is 0.877. The molecule has 3 heteroatoms. The zero-order valence-electron chi connectivity index (χ0n) is 9.51. The van der Waals surface area contributed by atoms with Crippen LogP contribution in [0.2, 0.25) is 0 Å². The molecule has 0 bridgehead atoms. The molecule has 0 amide bonds. The van der Waals surface area contributed by atoms with Crippen LogP contribution in [0, 0.1) is 5.82 Å². The number of benzene rings is 1. The number of rotatable bonds is 4. The number of aromatic nitrogens is 1. The number of halogens is 1. The van der Waals surface area contributed by atoms with Gasteiger partial charge in [0.25, 0.3) is 0 Å². The molecule has 17 heavy (non-hydrogen) atoms. The van der Waals surface area contributed by atoms with Crippen molar-refractivity contribution in [2.75, 3.05) is 6.54 Å². The Balaban J connectivity index is 2.32. The van der Waals surface area contributed by atoms with Crippen LogP contribution in [0.3, 0.4) is 0 Å². The van der Waals surface area contributed by atoms with Crippen LogP contribution < -0.4 is 5.73 Å². The van der Waals surface area contributed by atoms with Crippen LogP contribution in [0.25, 0.3) is 0 Å². The van der Waals surface area contributed by atoms with Gasteiger partial charge in [-0.2, -0.15) is 0 Å². The van der Waals surface area contributed by atoms with E-state index in [1.807, 2.05) is 30.5 Å². The highest BCUT2D eigenvalue weighted by atomic mass is 19.1. The lowest BCUT2D eigenvalue weighted by Crippen LogP contribution is -2.09. The predicted octanol–water partition coefficient (Wildman–Crippen LogP) is 2.70. The molecule has 2 aromatic rings. The summed E-state index contributed by atoms with van der Waals surface area (Å²) in [6.07, 6.45) is 4.41. The molecule has 0 unspecified atom stereocenters. The maximum Gasteiger partial charge on any atom is 0.123 e. The van der Waals surface area contributed by atoms with Crippen LogP contribution in [0.5, 0.6) is 0 Å². The molecule has 0 saturated heterocycles. The molecular weight excluding hydrogens is 215 g/mol. The van der Waals surface area contributed by atoms with E-state index >= 15 is 0 Å². The van der Waals surface area contributed by atoms with Gasteiger partial charge in [0.05, 0.1) is 0 Å². The van der Waals surface area contributed by atoms with Crippen molar-refractivity contribution in [3.05, 3.63) is 65.7 Å². The Morgan fingerprint density at radius 3 is 2.47 bits per heavy atom. The third-order valence-electron chi connectivity index (χ3n) is 2.81. The van der Waals surface area contributed by atoms with Gasteiger partial charge in [-0.25, -0.2) is 4.39 Å². The van der Waals surface area contributed by atoms with E-state index < -0.39 is 0 Å². The van der Waals surface area contributed by atoms with Crippen LogP contribution >= 0.6 is 0 Å². The fourth-order valence-corrected chi connectivity index (χ4v) is 1.97. The molecule has 1 aromatic carbocycles. The van der Waals surface area contributed by atoms with Crippen molar-refractivity contribution in [3.8, 4) is 0 Å². The second kappa shape index (κ2) is 5.55. The molecule has 0 radical (unpaired) electrons. The van der Waals surface area contributed by atoms with Crippen molar-refractivity contribution in [2.45, 2.75) is 12.3 Å². The van der Waals surface area contributed by atoms with E-state index in [0.29, 0.717) is 6.54 Å². The zero-order chi connectivity index (χ0) is 12.1. The topological polar surface area (TPSA) is 38.9 Å². The Morgan fingerprint density at radius 2 is 1.88 bits per heavy atom. The lowest BCUT2D eigenvalue weighted by molar-refractivity contribution is 0.625. The molecule has 1 atom stereocenters. The summed E-state index contributed by atoms with van der Waals surface area (Å²) in [6, 6.07) is 10.5. The summed E-state index contributed by atoms with van der Waals surface area (Å²) in [5, 5.41) is 0. The fourth-order valence-electron chi connectivity index (χ4n) is 1.97. The number of hydrogen-bond acceptors (Lipinski definition) is 2. The first kappa shape index (κ1) is 11.7. The Morgan fingerprint density at radius 1 is 1.12 bits per heavy atom. The van der Waals surface area contributed by atoms with Gasteiger partial charge in [-0.3, -0.25) is 4.98 Å². The highest BCUT2D eigenvalue weighted by Crippen LogP contribution is 2.26. The van der Waals surface area contributed by atoms with Gasteiger partial charge < -0.3 is 5.73 Å². The summed E-state index contributed by atoms with van der Waals surface area (Å²) >= 11 is 0. The van der Waals surface area contributed by atoms with Crippen molar-refractivity contribution >= 4 is 0 Å². The first-order chi connectivity index (χ1) is 8.31. The van der Waals surface area contributed by atoms with E-state index in [1.165, 1.54) is 12.1 Å². The molecule has 0 saturated carbocycles. The largest absolute Gasteiger partial charge is 0.330 e. The first-order valence-corrected chi connectivity index (χ1v) is 5.66. The number of pyridine rings is 1. The number of nitrogens with zero attached hydrogens (tertiary/aromatic N) is 1. The van der Waals surface area contributed by atoms with Crippen LogP contribution in [-0.2, 0) is 0 Å². The van der Waals surface area contributed by atoms with Gasteiger partial charge in [-0.15, -0.1) is 0 Å². The molecule has 1 heterocycles. The summed E-state index contributed by atoms with van der Waals surface area (Å²) in [6.45, 7) is 0.594. The summed E-state index contributed by atoms with van der Waals surface area (Å²) in [5.74, 6) is -0.0271. The molecule has 0 aliphatic rings. The molecule has 1 aromatic heterocycles. The van der Waals surface area contributed by atoms with Gasteiger partial charge in [-0.05, 0) is 42.3 Å². The lowest BCUT2D eigenvalue weighted by atomic mass is 9.89. The van der Waals surface area contributed by atoms with Crippen LogP contribution in [0.4, 0.5) is 4.39 Å². The standard InChI is InChI=1S/C14H15FN2/c15-13-5-3-11(4-6-13)14(7-8-16)12-2-1-9-17-10-12/h1-6,9-10,14H,7-8,16H2/t14-/m0/s1. The second-order valence-corrected chi connectivity index (χ2v) is 3.97. The average Bonchev–Trinajstić information content (AvgIpc) is 2.38. The molecule has 0 aliphatic heterocycles. The SMILES string of the molecule is NCC[C@@H](c1ccc(F)cc1)c1cccnc1. The van der Waals surface area contributed by atoms with Gasteiger partial charge in [-0.1, -0.05) is 18.2 Å². The van der Waals surface area contributed by atoms with Crippen molar-refractivity contribution in [1.29, 1.82) is 0 Å². The monoisotopic (exact) mass is 230 g/mol. The van der Waals surface area contributed by atoms with E-state index in [4.69, 9.17) is 5.73 Å². The van der Waals surface area contributed by atoms with Crippen molar-refractivity contribution in [3.63, 3.8) is 0 Å². The van der Waals surface area contributed by atoms with Gasteiger partial charge in [0, 0.05) is 18.3 Å². The van der Waals surface area contributed by atoms with Crippen LogP contribution in [0.15, 0.2) is 48.8 Å². The predicted molar refractivity (Wildman–Crippen MR) is 66.2 cm³/mol. The summed E-state index contributed by atoms with van der Waals surface area (Å²) in [5.41, 5.74) is 7.83. The van der Waals surface area contributed by atoms with Gasteiger partial charge in [0.2, 0.25) is 0 Å². The molecule has 88 valence electrons. The van der Waals surface area contributed by atoms with Crippen molar-refractivity contribution < 1.29 is 4.39 Å². The Hall–Kier alpha value is -1.74. The summed E-state index contributed by atoms with van der Waals surface area (Å²) in [4.78, 5) is 4.12. The third-order valence-corrected chi connectivity index (χ3v) is 2.81. The normalized spacial score (nSPS) is 12.4. The molecule has 2 N–H and O–H groups in total. The zero-order valence-corrected chi connectivity index (χ0v) is 9.51. The fraction of sp³-hybridized carbons (Fsp3) is 0.214. The number of hydrogen-bond donors (Lipinski definition) is 1.